The van der Waals surface area contributed by atoms with Crippen LogP contribution in [-0.2, 0) is 0 Å². The van der Waals surface area contributed by atoms with Crippen molar-refractivity contribution in [2.45, 2.75) is 104 Å². The van der Waals surface area contributed by atoms with Gasteiger partial charge in [-0.3, -0.25) is 0 Å². The van der Waals surface area contributed by atoms with Crippen molar-refractivity contribution in [3.63, 3.8) is 0 Å². The first kappa shape index (κ1) is 27.9. The highest BCUT2D eigenvalue weighted by molar-refractivity contribution is 5.87. The molecule has 1 heterocycles. The van der Waals surface area contributed by atoms with E-state index in [9.17, 15) is 15.0 Å². The second-order valence-electron chi connectivity index (χ2n) is 13.8. The van der Waals surface area contributed by atoms with Crippen LogP contribution in [-0.4, -0.2) is 45.1 Å². The molecule has 38 heavy (non-hydrogen) atoms. The maximum Gasteiger partial charge on any atom is 0.337 e. The zero-order chi connectivity index (χ0) is 27.2. The zero-order valence-electron chi connectivity index (χ0n) is 23.8. The normalized spacial score (nSPS) is 43.0. The van der Waals surface area contributed by atoms with Crippen molar-refractivity contribution in [3.8, 4) is 5.88 Å². The molecule has 4 aliphatic carbocycles. The summed E-state index contributed by atoms with van der Waals surface area (Å²) in [6.45, 7) is 10.3. The molecule has 0 amide bonds. The monoisotopic (exact) mass is 527 g/mol. The Morgan fingerprint density at radius 1 is 1.08 bits per heavy atom. The average molecular weight is 528 g/mol. The third kappa shape index (κ3) is 4.68. The summed E-state index contributed by atoms with van der Waals surface area (Å²) < 4.78 is 5.81. The lowest BCUT2D eigenvalue weighted by atomic mass is 9.41. The van der Waals surface area contributed by atoms with Crippen LogP contribution in [0.2, 0.25) is 0 Å². The lowest BCUT2D eigenvalue weighted by Crippen LogP contribution is -2.62. The molecule has 0 aromatic carbocycles. The van der Waals surface area contributed by atoms with Crippen LogP contribution in [0, 0.1) is 52.3 Å². The number of carbonyl (C=O) groups is 1. The van der Waals surface area contributed by atoms with Gasteiger partial charge in [0.2, 0.25) is 5.88 Å². The highest BCUT2D eigenvalue weighted by Gasteiger charge is 2.64. The molecule has 4 saturated carbocycles. The minimum atomic E-state index is -0.979. The molecular weight excluding hydrogens is 478 g/mol. The Labute approximate surface area is 228 Å². The molecular formula is C32H49NO5. The van der Waals surface area contributed by atoms with Crippen LogP contribution in [0.15, 0.2) is 18.3 Å². The molecule has 4 aliphatic rings. The number of fused-ring (bicyclic) bond motifs is 5. The predicted molar refractivity (Wildman–Crippen MR) is 147 cm³/mol. The molecule has 6 heteroatoms. The zero-order valence-corrected chi connectivity index (χ0v) is 23.8. The smallest absolute Gasteiger partial charge is 0.337 e. The molecule has 1 aromatic rings. The van der Waals surface area contributed by atoms with Gasteiger partial charge in [-0.1, -0.05) is 34.1 Å². The Morgan fingerprint density at radius 3 is 2.50 bits per heavy atom. The van der Waals surface area contributed by atoms with E-state index in [0.29, 0.717) is 53.9 Å². The summed E-state index contributed by atoms with van der Waals surface area (Å²) in [7, 11) is 0. The van der Waals surface area contributed by atoms with E-state index in [-0.39, 0.29) is 28.6 Å². The van der Waals surface area contributed by atoms with E-state index in [1.807, 2.05) is 0 Å². The van der Waals surface area contributed by atoms with E-state index >= 15 is 0 Å². The number of aliphatic hydroxyl groups excluding tert-OH is 2. The van der Waals surface area contributed by atoms with Gasteiger partial charge in [-0.05, 0) is 116 Å². The van der Waals surface area contributed by atoms with Gasteiger partial charge in [0.05, 0.1) is 24.4 Å². The van der Waals surface area contributed by atoms with Crippen molar-refractivity contribution < 1.29 is 24.9 Å². The van der Waals surface area contributed by atoms with E-state index in [4.69, 9.17) is 9.84 Å². The number of pyridine rings is 1. The summed E-state index contributed by atoms with van der Waals surface area (Å²) >= 11 is 0. The van der Waals surface area contributed by atoms with Crippen molar-refractivity contribution in [1.29, 1.82) is 0 Å². The number of ether oxygens (including phenoxy) is 1. The maximum atomic E-state index is 11.9. The van der Waals surface area contributed by atoms with Gasteiger partial charge in [-0.25, -0.2) is 9.78 Å². The first-order chi connectivity index (χ1) is 18.1. The quantitative estimate of drug-likeness (QED) is 0.348. The molecule has 11 atom stereocenters. The summed E-state index contributed by atoms with van der Waals surface area (Å²) in [5.41, 5.74) is 0.707. The number of hydrogen-bond donors (Lipinski definition) is 3. The summed E-state index contributed by atoms with van der Waals surface area (Å²) in [4.78, 5) is 15.1. The number of nitrogens with zero attached hydrogens (tertiary/aromatic N) is 1. The molecule has 1 aromatic heterocycles. The third-order valence-corrected chi connectivity index (χ3v) is 12.2. The van der Waals surface area contributed by atoms with E-state index in [1.54, 1.807) is 6.07 Å². The Balaban J connectivity index is 1.23. The fourth-order valence-corrected chi connectivity index (χ4v) is 10.3. The van der Waals surface area contributed by atoms with Gasteiger partial charge in [-0.15, -0.1) is 0 Å². The van der Waals surface area contributed by atoms with Gasteiger partial charge < -0.3 is 20.1 Å². The van der Waals surface area contributed by atoms with Crippen LogP contribution in [0.1, 0.15) is 102 Å². The fourth-order valence-electron chi connectivity index (χ4n) is 10.3. The summed E-state index contributed by atoms with van der Waals surface area (Å²) in [6, 6.07) is 3.16. The molecule has 0 spiro atoms. The van der Waals surface area contributed by atoms with Gasteiger partial charge in [0.1, 0.15) is 0 Å². The van der Waals surface area contributed by atoms with Gasteiger partial charge in [0.15, 0.2) is 0 Å². The Morgan fingerprint density at radius 2 is 1.82 bits per heavy atom. The molecule has 0 bridgehead atoms. The fraction of sp³-hybridized carbons (Fsp3) is 0.812. The number of carboxylic acid groups (broad SMARTS) is 1. The number of aromatic carboxylic acids is 1. The number of carboxylic acids is 1. The van der Waals surface area contributed by atoms with E-state index < -0.39 is 5.97 Å². The molecule has 0 radical (unpaired) electrons. The Bertz CT molecular complexity index is 983. The minimum Gasteiger partial charge on any atom is -0.478 e. The molecule has 0 unspecified atom stereocenters. The van der Waals surface area contributed by atoms with Crippen molar-refractivity contribution in [3.05, 3.63) is 23.9 Å². The molecule has 4 fully saturated rings. The first-order valence-corrected chi connectivity index (χ1v) is 15.3. The summed E-state index contributed by atoms with van der Waals surface area (Å²) in [6.07, 6.45) is 11.9. The van der Waals surface area contributed by atoms with E-state index in [2.05, 4.69) is 32.7 Å². The molecule has 0 aliphatic heterocycles. The van der Waals surface area contributed by atoms with E-state index in [1.165, 1.54) is 37.9 Å². The number of rotatable bonds is 8. The molecule has 6 nitrogen and oxygen atoms in total. The van der Waals surface area contributed by atoms with Gasteiger partial charge in [-0.2, -0.15) is 0 Å². The second-order valence-corrected chi connectivity index (χ2v) is 13.8. The van der Waals surface area contributed by atoms with Gasteiger partial charge >= 0.3 is 5.97 Å². The van der Waals surface area contributed by atoms with Crippen LogP contribution in [0.4, 0.5) is 0 Å². The topological polar surface area (TPSA) is 99.9 Å². The van der Waals surface area contributed by atoms with Crippen molar-refractivity contribution in [1.82, 2.24) is 4.98 Å². The van der Waals surface area contributed by atoms with Crippen LogP contribution in [0.25, 0.3) is 0 Å². The standard InChI is InChI=1S/C32H49NO5/c1-5-22-26-17-21(34)12-14-32(26,4)25-13-15-31(3)23(9-10-24(31)28(25)29(22)35)19(2)7-6-16-38-27-11-8-20(18-33-27)30(36)37/h8,11,18-19,21-26,28-29,34-35H,5-7,9-10,12-17H2,1-4H3,(H,36,37)/t19-,21-,22-,23-,24+,25+,26+,28+,29-,31-,32-/m1/s1. The molecule has 212 valence electrons. The van der Waals surface area contributed by atoms with E-state index in [0.717, 1.165) is 38.5 Å². The first-order valence-electron chi connectivity index (χ1n) is 15.3. The van der Waals surface area contributed by atoms with Crippen molar-refractivity contribution >= 4 is 5.97 Å². The number of aromatic nitrogens is 1. The highest BCUT2D eigenvalue weighted by Crippen LogP contribution is 2.69. The molecule has 3 N–H and O–H groups in total. The van der Waals surface area contributed by atoms with Crippen LogP contribution >= 0.6 is 0 Å². The lowest BCUT2D eigenvalue weighted by Gasteiger charge is -2.64. The van der Waals surface area contributed by atoms with Gasteiger partial charge in [0.25, 0.3) is 0 Å². The van der Waals surface area contributed by atoms with Gasteiger partial charge in [0, 0.05) is 12.3 Å². The van der Waals surface area contributed by atoms with Crippen molar-refractivity contribution in [2.75, 3.05) is 6.61 Å². The molecule has 0 saturated heterocycles. The maximum absolute atomic E-state index is 11.9. The summed E-state index contributed by atoms with van der Waals surface area (Å²) in [5, 5.41) is 31.4. The number of aliphatic hydroxyl groups is 2. The highest BCUT2D eigenvalue weighted by atomic mass is 16.5. The van der Waals surface area contributed by atoms with Crippen LogP contribution in [0.3, 0.4) is 0 Å². The average Bonchev–Trinajstić information content (AvgIpc) is 3.25. The SMILES string of the molecule is CC[C@H]1[C@@H](O)[C@@H]2[C@H](CC[C@]3(C)[C@@H]([C@H](C)CCCOc4ccc(C(=O)O)cn4)CC[C@@H]23)[C@@]2(C)CC[C@@H](O)C[C@@H]12. The Kier molecular flexibility index (Phi) is 7.87. The lowest BCUT2D eigenvalue weighted by molar-refractivity contribution is -0.203. The van der Waals surface area contributed by atoms with Crippen LogP contribution in [0.5, 0.6) is 5.88 Å². The number of hydrogen-bond acceptors (Lipinski definition) is 5. The third-order valence-electron chi connectivity index (χ3n) is 12.2. The largest absolute Gasteiger partial charge is 0.478 e. The summed E-state index contributed by atoms with van der Waals surface area (Å²) in [5.74, 6) is 3.11. The Hall–Kier alpha value is -1.66. The second kappa shape index (κ2) is 10.7. The minimum absolute atomic E-state index is 0.170. The predicted octanol–water partition coefficient (Wildman–Crippen LogP) is 6.20. The van der Waals surface area contributed by atoms with Crippen molar-refractivity contribution in [2.24, 2.45) is 52.3 Å². The molecule has 5 rings (SSSR count). The van der Waals surface area contributed by atoms with Crippen LogP contribution < -0.4 is 4.74 Å².